The monoisotopic (exact) mass is 458 g/mol. The van der Waals surface area contributed by atoms with Crippen LogP contribution in [0.25, 0.3) is 0 Å². The van der Waals surface area contributed by atoms with Gasteiger partial charge in [-0.3, -0.25) is 9.10 Å². The van der Waals surface area contributed by atoms with Crippen molar-refractivity contribution in [3.8, 4) is 5.75 Å². The zero-order chi connectivity index (χ0) is 21.8. The molecule has 6 nitrogen and oxygen atoms in total. The van der Waals surface area contributed by atoms with Gasteiger partial charge in [0, 0.05) is 10.0 Å². The second-order valence-corrected chi connectivity index (χ2v) is 9.43. The Morgan fingerprint density at radius 1 is 1.17 bits per heavy atom. The van der Waals surface area contributed by atoms with Gasteiger partial charge in [0.05, 0.1) is 18.5 Å². The lowest BCUT2D eigenvalue weighted by Crippen LogP contribution is -2.48. The van der Waals surface area contributed by atoms with E-state index in [1.807, 2.05) is 32.0 Å². The highest BCUT2D eigenvalue weighted by Crippen LogP contribution is 2.28. The number of halogens is 2. The molecule has 0 aliphatic heterocycles. The Bertz CT molecular complexity index is 976. The van der Waals surface area contributed by atoms with E-state index in [2.05, 4.69) is 5.32 Å². The minimum atomic E-state index is -3.76. The summed E-state index contributed by atoms with van der Waals surface area (Å²) in [6.45, 7) is 5.94. The van der Waals surface area contributed by atoms with Crippen molar-refractivity contribution in [3.63, 3.8) is 0 Å². The van der Waals surface area contributed by atoms with E-state index < -0.39 is 22.0 Å². The Hall–Kier alpha value is -1.96. The second kappa shape index (κ2) is 9.69. The van der Waals surface area contributed by atoms with Crippen LogP contribution in [-0.2, 0) is 14.8 Å². The van der Waals surface area contributed by atoms with Crippen molar-refractivity contribution in [2.45, 2.75) is 26.8 Å². The van der Waals surface area contributed by atoms with E-state index in [1.165, 1.54) is 25.1 Å². The number of aryl methyl sites for hydroxylation is 1. The van der Waals surface area contributed by atoms with E-state index in [1.54, 1.807) is 0 Å². The number of sulfonamides is 1. The Labute approximate surface area is 181 Å². The summed E-state index contributed by atoms with van der Waals surface area (Å²) in [7, 11) is -3.76. The smallest absolute Gasteiger partial charge is 0.243 e. The first-order valence-corrected chi connectivity index (χ1v) is 11.5. The van der Waals surface area contributed by atoms with E-state index >= 15 is 0 Å². The number of nitrogens with zero attached hydrogens (tertiary/aromatic N) is 1. The predicted octanol–water partition coefficient (Wildman–Crippen LogP) is 3.96. The lowest BCUT2D eigenvalue weighted by Gasteiger charge is -2.28. The van der Waals surface area contributed by atoms with Gasteiger partial charge in [-0.15, -0.1) is 0 Å². The Balaban J connectivity index is 2.05. The maximum atomic E-state index is 12.6. The molecule has 158 valence electrons. The van der Waals surface area contributed by atoms with Crippen molar-refractivity contribution in [1.82, 2.24) is 5.32 Å². The van der Waals surface area contributed by atoms with Crippen molar-refractivity contribution in [3.05, 3.63) is 57.6 Å². The maximum absolute atomic E-state index is 12.6. The van der Waals surface area contributed by atoms with Crippen LogP contribution < -0.4 is 14.4 Å². The molecule has 2 aromatic carbocycles. The van der Waals surface area contributed by atoms with Gasteiger partial charge in [0.2, 0.25) is 15.9 Å². The number of benzene rings is 2. The first-order valence-electron chi connectivity index (χ1n) is 8.93. The number of anilines is 1. The van der Waals surface area contributed by atoms with Crippen LogP contribution in [0.4, 0.5) is 5.69 Å². The van der Waals surface area contributed by atoms with Crippen molar-refractivity contribution >= 4 is 44.8 Å². The number of nitrogens with one attached hydrogen (secondary N) is 1. The average Bonchev–Trinajstić information content (AvgIpc) is 2.60. The molecule has 0 aliphatic rings. The van der Waals surface area contributed by atoms with Crippen LogP contribution in [0.2, 0.25) is 10.0 Å². The van der Waals surface area contributed by atoms with Crippen LogP contribution in [0.3, 0.4) is 0 Å². The molecule has 29 heavy (non-hydrogen) atoms. The van der Waals surface area contributed by atoms with Gasteiger partial charge in [-0.05, 0) is 56.2 Å². The van der Waals surface area contributed by atoms with Gasteiger partial charge in [0.1, 0.15) is 18.4 Å². The average molecular weight is 459 g/mol. The summed E-state index contributed by atoms with van der Waals surface area (Å²) < 4.78 is 31.3. The number of hydrogen-bond donors (Lipinski definition) is 1. The van der Waals surface area contributed by atoms with Gasteiger partial charge in [-0.25, -0.2) is 8.42 Å². The molecule has 1 atom stereocenters. The third kappa shape index (κ3) is 6.26. The summed E-state index contributed by atoms with van der Waals surface area (Å²) in [5.41, 5.74) is 2.37. The number of hydrogen-bond acceptors (Lipinski definition) is 4. The third-order valence-electron chi connectivity index (χ3n) is 4.40. The van der Waals surface area contributed by atoms with E-state index in [-0.39, 0.29) is 28.9 Å². The van der Waals surface area contributed by atoms with Gasteiger partial charge in [0.25, 0.3) is 0 Å². The third-order valence-corrected chi connectivity index (χ3v) is 6.08. The Kier molecular flexibility index (Phi) is 7.80. The maximum Gasteiger partial charge on any atom is 0.243 e. The van der Waals surface area contributed by atoms with Gasteiger partial charge in [-0.2, -0.15) is 0 Å². The Morgan fingerprint density at radius 2 is 1.79 bits per heavy atom. The number of carbonyl (C=O) groups is 1. The molecule has 0 heterocycles. The molecule has 2 aromatic rings. The zero-order valence-corrected chi connectivity index (χ0v) is 19.0. The highest BCUT2D eigenvalue weighted by Gasteiger charge is 2.29. The topological polar surface area (TPSA) is 75.7 Å². The summed E-state index contributed by atoms with van der Waals surface area (Å²) >= 11 is 12.0. The first kappa shape index (κ1) is 23.3. The van der Waals surface area contributed by atoms with Crippen LogP contribution in [0.1, 0.15) is 18.1 Å². The summed E-state index contributed by atoms with van der Waals surface area (Å²) in [5, 5.41) is 3.25. The number of ether oxygens (including phenoxy) is 1. The summed E-state index contributed by atoms with van der Waals surface area (Å²) in [6.07, 6.45) is 1.02. The molecule has 0 saturated carbocycles. The molecule has 2 rings (SSSR count). The number of amides is 1. The van der Waals surface area contributed by atoms with Crippen molar-refractivity contribution in [2.24, 2.45) is 0 Å². The van der Waals surface area contributed by atoms with Crippen molar-refractivity contribution < 1.29 is 17.9 Å². The first-order chi connectivity index (χ1) is 13.5. The fourth-order valence-electron chi connectivity index (χ4n) is 2.84. The predicted molar refractivity (Wildman–Crippen MR) is 118 cm³/mol. The molecule has 0 aromatic heterocycles. The molecule has 9 heteroatoms. The number of rotatable bonds is 8. The molecule has 0 aliphatic carbocycles. The molecule has 1 N–H and O–H groups in total. The van der Waals surface area contributed by atoms with E-state index in [9.17, 15) is 13.2 Å². The fraction of sp³-hybridized carbons (Fsp3) is 0.350. The normalized spacial score (nSPS) is 12.3. The second-order valence-electron chi connectivity index (χ2n) is 6.70. The molecular formula is C20H24Cl2N2O4S. The molecule has 0 spiro atoms. The fourth-order valence-corrected chi connectivity index (χ4v) is 4.51. The largest absolute Gasteiger partial charge is 0.491 e. The summed E-state index contributed by atoms with van der Waals surface area (Å²) in [6, 6.07) is 9.14. The van der Waals surface area contributed by atoms with Crippen LogP contribution in [0, 0.1) is 13.8 Å². The van der Waals surface area contributed by atoms with Crippen LogP contribution in [0.15, 0.2) is 36.4 Å². The van der Waals surface area contributed by atoms with E-state index in [4.69, 9.17) is 27.9 Å². The molecule has 0 saturated heterocycles. The van der Waals surface area contributed by atoms with E-state index in [0.29, 0.717) is 0 Å². The SMILES string of the molecule is Cc1cccc(OCCNC(=O)C(C)N(c2cc(Cl)cc(Cl)c2)S(C)(=O)=O)c1C. The Morgan fingerprint density at radius 3 is 2.38 bits per heavy atom. The molecule has 0 fully saturated rings. The van der Waals surface area contributed by atoms with Crippen LogP contribution in [0.5, 0.6) is 5.75 Å². The molecule has 0 radical (unpaired) electrons. The van der Waals surface area contributed by atoms with Crippen molar-refractivity contribution in [1.29, 1.82) is 0 Å². The minimum absolute atomic E-state index is 0.222. The lowest BCUT2D eigenvalue weighted by molar-refractivity contribution is -0.121. The standard InChI is InChI=1S/C20H24Cl2N2O4S/c1-13-6-5-7-19(14(13)2)28-9-8-23-20(25)15(3)24(29(4,26)27)18-11-16(21)10-17(22)12-18/h5-7,10-12,15H,8-9H2,1-4H3,(H,23,25). The van der Waals surface area contributed by atoms with Crippen LogP contribution >= 0.6 is 23.2 Å². The highest BCUT2D eigenvalue weighted by atomic mass is 35.5. The van der Waals surface area contributed by atoms with Gasteiger partial charge in [0.15, 0.2) is 0 Å². The minimum Gasteiger partial charge on any atom is -0.491 e. The van der Waals surface area contributed by atoms with Crippen LogP contribution in [-0.4, -0.2) is 39.8 Å². The summed E-state index contributed by atoms with van der Waals surface area (Å²) in [5.74, 6) is 0.287. The molecular weight excluding hydrogens is 435 g/mol. The van der Waals surface area contributed by atoms with E-state index in [0.717, 1.165) is 27.4 Å². The lowest BCUT2D eigenvalue weighted by atomic mass is 10.1. The zero-order valence-electron chi connectivity index (χ0n) is 16.7. The van der Waals surface area contributed by atoms with Gasteiger partial charge in [-0.1, -0.05) is 35.3 Å². The number of carbonyl (C=O) groups excluding carboxylic acids is 1. The van der Waals surface area contributed by atoms with Gasteiger partial charge < -0.3 is 10.1 Å². The molecule has 1 amide bonds. The molecule has 0 bridgehead atoms. The highest BCUT2D eigenvalue weighted by molar-refractivity contribution is 7.92. The van der Waals surface area contributed by atoms with Crippen molar-refractivity contribution in [2.75, 3.05) is 23.7 Å². The quantitative estimate of drug-likeness (QED) is 0.607. The van der Waals surface area contributed by atoms with Gasteiger partial charge >= 0.3 is 0 Å². The molecule has 1 unspecified atom stereocenters. The summed E-state index contributed by atoms with van der Waals surface area (Å²) in [4.78, 5) is 12.6.